The average Bonchev–Trinajstić information content (AvgIpc) is 3.30. The number of pyridine rings is 1. The first-order chi connectivity index (χ1) is 19.7. The Kier molecular flexibility index (Phi) is 9.12. The van der Waals surface area contributed by atoms with Gasteiger partial charge in [0.1, 0.15) is 11.6 Å². The number of hydrogen-bond acceptors (Lipinski definition) is 5. The molecule has 0 spiro atoms. The zero-order chi connectivity index (χ0) is 29.3. The van der Waals surface area contributed by atoms with Gasteiger partial charge in [0.05, 0.1) is 30.5 Å². The molecule has 8 heteroatoms. The number of aromatic nitrogens is 2. The molecule has 2 atom stereocenters. The van der Waals surface area contributed by atoms with Gasteiger partial charge in [0.15, 0.2) is 0 Å². The molecular weight excluding hydrogens is 517 g/mol. The smallest absolute Gasteiger partial charge is 0.254 e. The van der Waals surface area contributed by atoms with Crippen LogP contribution in [0, 0.1) is 18.7 Å². The van der Waals surface area contributed by atoms with Crippen molar-refractivity contribution in [2.24, 2.45) is 5.92 Å². The number of hydrogen-bond donors (Lipinski definition) is 1. The topological polar surface area (TPSA) is 62.1 Å². The van der Waals surface area contributed by atoms with E-state index in [0.29, 0.717) is 36.0 Å². The van der Waals surface area contributed by atoms with Gasteiger partial charge in [-0.15, -0.1) is 0 Å². The Morgan fingerprint density at radius 2 is 1.98 bits per heavy atom. The average molecular weight is 564 g/mol. The lowest BCUT2D eigenvalue weighted by atomic mass is 9.85. The fourth-order valence-corrected chi connectivity index (χ4v) is 6.62. The van der Waals surface area contributed by atoms with E-state index in [9.17, 15) is 9.18 Å². The van der Waals surface area contributed by atoms with E-state index in [4.69, 9.17) is 4.74 Å². The van der Waals surface area contributed by atoms with Gasteiger partial charge in [-0.1, -0.05) is 19.9 Å². The summed E-state index contributed by atoms with van der Waals surface area (Å²) in [5.41, 5.74) is 4.23. The van der Waals surface area contributed by atoms with E-state index < -0.39 is 5.82 Å². The summed E-state index contributed by atoms with van der Waals surface area (Å²) in [6.07, 6.45) is 6.34. The van der Waals surface area contributed by atoms with Gasteiger partial charge < -0.3 is 19.4 Å². The number of nitrogens with zero attached hydrogens (tertiary/aromatic N) is 4. The highest BCUT2D eigenvalue weighted by Crippen LogP contribution is 2.37. The van der Waals surface area contributed by atoms with Gasteiger partial charge in [0.25, 0.3) is 5.91 Å². The maximum Gasteiger partial charge on any atom is 0.254 e. The lowest BCUT2D eigenvalue weighted by Gasteiger charge is -2.47. The number of benzene rings is 1. The first kappa shape index (κ1) is 29.7. The first-order valence-electron chi connectivity index (χ1n) is 15.3. The minimum Gasteiger partial charge on any atom is -0.379 e. The van der Waals surface area contributed by atoms with Crippen LogP contribution in [0.5, 0.6) is 0 Å². The number of fused-ring (bicyclic) bond motifs is 1. The van der Waals surface area contributed by atoms with E-state index in [2.05, 4.69) is 45.7 Å². The van der Waals surface area contributed by atoms with Crippen molar-refractivity contribution in [2.75, 3.05) is 39.4 Å². The number of aryl methyl sites for hydroxylation is 1. The molecule has 5 rings (SSSR count). The molecule has 1 amide bonds. The predicted octanol–water partition coefficient (Wildman–Crippen LogP) is 5.51. The Balaban J connectivity index is 1.43. The van der Waals surface area contributed by atoms with Gasteiger partial charge in [0.2, 0.25) is 0 Å². The van der Waals surface area contributed by atoms with E-state index in [-0.39, 0.29) is 11.9 Å². The fourth-order valence-electron chi connectivity index (χ4n) is 6.62. The monoisotopic (exact) mass is 563 g/mol. The third-order valence-electron chi connectivity index (χ3n) is 9.00. The van der Waals surface area contributed by atoms with Crippen LogP contribution < -0.4 is 5.32 Å². The van der Waals surface area contributed by atoms with Crippen molar-refractivity contribution in [1.82, 2.24) is 24.5 Å². The SMILES string of the molecule is CCN(C(=O)c1cc(F)ccc1-c1cc(C2CN([C@H](CC[C@@H]3COCCN3)C(C)C)C2)cn2c(C)ncc12)C(C)C. The van der Waals surface area contributed by atoms with Gasteiger partial charge in [-0.05, 0) is 75.8 Å². The van der Waals surface area contributed by atoms with Crippen molar-refractivity contribution in [1.29, 1.82) is 0 Å². The maximum atomic E-state index is 14.5. The van der Waals surface area contributed by atoms with Gasteiger partial charge in [-0.2, -0.15) is 0 Å². The summed E-state index contributed by atoms with van der Waals surface area (Å²) in [5.74, 6) is 1.31. The minimum absolute atomic E-state index is 0.0171. The molecule has 2 aromatic heterocycles. The van der Waals surface area contributed by atoms with Crippen LogP contribution in [0.4, 0.5) is 4.39 Å². The normalized spacial score (nSPS) is 19.2. The lowest BCUT2D eigenvalue weighted by Crippen LogP contribution is -2.53. The second-order valence-electron chi connectivity index (χ2n) is 12.4. The number of likely N-dealkylation sites (tertiary alicyclic amines) is 1. The lowest BCUT2D eigenvalue weighted by molar-refractivity contribution is 0.0432. The molecule has 2 fully saturated rings. The molecule has 0 unspecified atom stereocenters. The number of rotatable bonds is 10. The third-order valence-corrected chi connectivity index (χ3v) is 9.00. The largest absolute Gasteiger partial charge is 0.379 e. The summed E-state index contributed by atoms with van der Waals surface area (Å²) < 4.78 is 22.3. The van der Waals surface area contributed by atoms with Crippen LogP contribution in [0.2, 0.25) is 0 Å². The Bertz CT molecular complexity index is 1360. The van der Waals surface area contributed by atoms with Crippen LogP contribution >= 0.6 is 0 Å². The standard InChI is InChI=1S/C33H46FN5O2/c1-7-38(22(4)5)33(40)30-15-26(34)8-10-28(30)29-14-24(19-39-23(6)36-16-32(29)39)25-17-37(18-25)31(21(2)3)11-9-27-20-41-13-12-35-27/h8,10,14-16,19,21-22,25,27,31,35H,7,9,11-13,17-18,20H2,1-6H3/t27-,31-/m1/s1. The van der Waals surface area contributed by atoms with Crippen molar-refractivity contribution in [3.63, 3.8) is 0 Å². The molecule has 2 aliphatic heterocycles. The molecule has 222 valence electrons. The van der Waals surface area contributed by atoms with Gasteiger partial charge in [-0.3, -0.25) is 9.69 Å². The number of nitrogens with one attached hydrogen (secondary N) is 1. The predicted molar refractivity (Wildman–Crippen MR) is 162 cm³/mol. The molecule has 1 N–H and O–H groups in total. The molecule has 1 aromatic carbocycles. The highest BCUT2D eigenvalue weighted by molar-refractivity contribution is 6.03. The Labute approximate surface area is 244 Å². The summed E-state index contributed by atoms with van der Waals surface area (Å²) in [7, 11) is 0. The van der Waals surface area contributed by atoms with Crippen molar-refractivity contribution >= 4 is 11.4 Å². The second kappa shape index (κ2) is 12.6. The minimum atomic E-state index is -0.405. The molecule has 3 aromatic rings. The number of ether oxygens (including phenoxy) is 1. The highest BCUT2D eigenvalue weighted by Gasteiger charge is 2.35. The molecule has 41 heavy (non-hydrogen) atoms. The van der Waals surface area contributed by atoms with Crippen molar-refractivity contribution < 1.29 is 13.9 Å². The third kappa shape index (κ3) is 6.20. The van der Waals surface area contributed by atoms with Crippen molar-refractivity contribution in [3.8, 4) is 11.1 Å². The van der Waals surface area contributed by atoms with E-state index in [1.807, 2.05) is 33.9 Å². The summed E-state index contributed by atoms with van der Waals surface area (Å²) in [6.45, 7) is 17.7. The van der Waals surface area contributed by atoms with Crippen LogP contribution in [0.25, 0.3) is 16.6 Å². The maximum absolute atomic E-state index is 14.5. The van der Waals surface area contributed by atoms with Crippen molar-refractivity contribution in [2.45, 2.75) is 78.4 Å². The quantitative estimate of drug-likeness (QED) is 0.352. The van der Waals surface area contributed by atoms with Crippen LogP contribution in [0.1, 0.15) is 75.1 Å². The van der Waals surface area contributed by atoms with Crippen LogP contribution in [0.15, 0.2) is 36.7 Å². The van der Waals surface area contributed by atoms with Gasteiger partial charge in [0, 0.05) is 62.0 Å². The number of imidazole rings is 1. The molecular formula is C33H46FN5O2. The summed E-state index contributed by atoms with van der Waals surface area (Å²) in [4.78, 5) is 22.7. The fraction of sp³-hybridized carbons (Fsp3) is 0.576. The number of amides is 1. The number of morpholine rings is 1. The zero-order valence-corrected chi connectivity index (χ0v) is 25.5. The highest BCUT2D eigenvalue weighted by atomic mass is 19.1. The summed E-state index contributed by atoms with van der Waals surface area (Å²) >= 11 is 0. The summed E-state index contributed by atoms with van der Waals surface area (Å²) in [6, 6.07) is 7.80. The molecule has 0 saturated carbocycles. The van der Waals surface area contributed by atoms with Gasteiger partial charge in [-0.25, -0.2) is 9.37 Å². The molecule has 0 bridgehead atoms. The van der Waals surface area contributed by atoms with Crippen molar-refractivity contribution in [3.05, 3.63) is 59.4 Å². The van der Waals surface area contributed by atoms with E-state index in [1.165, 1.54) is 17.7 Å². The molecule has 7 nitrogen and oxygen atoms in total. The zero-order valence-electron chi connectivity index (χ0n) is 25.5. The van der Waals surface area contributed by atoms with Crippen LogP contribution in [-0.2, 0) is 4.74 Å². The van der Waals surface area contributed by atoms with E-state index >= 15 is 0 Å². The Morgan fingerprint density at radius 1 is 1.20 bits per heavy atom. The first-order valence-corrected chi connectivity index (χ1v) is 15.3. The van der Waals surface area contributed by atoms with E-state index in [1.54, 1.807) is 11.0 Å². The Morgan fingerprint density at radius 3 is 2.63 bits per heavy atom. The van der Waals surface area contributed by atoms with Crippen LogP contribution in [-0.4, -0.2) is 82.6 Å². The van der Waals surface area contributed by atoms with Crippen LogP contribution in [0.3, 0.4) is 0 Å². The second-order valence-corrected chi connectivity index (χ2v) is 12.4. The molecule has 0 radical (unpaired) electrons. The van der Waals surface area contributed by atoms with E-state index in [0.717, 1.165) is 68.2 Å². The van der Waals surface area contributed by atoms with Gasteiger partial charge >= 0.3 is 0 Å². The number of halogens is 1. The molecule has 0 aliphatic carbocycles. The molecule has 2 aliphatic rings. The molecule has 4 heterocycles. The Hall–Kier alpha value is -2.81. The number of carbonyl (C=O) groups excluding carboxylic acids is 1. The summed E-state index contributed by atoms with van der Waals surface area (Å²) in [5, 5.41) is 3.59. The molecule has 2 saturated heterocycles. The number of carbonyl (C=O) groups is 1.